The summed E-state index contributed by atoms with van der Waals surface area (Å²) in [5.41, 5.74) is 0.218. The maximum atomic E-state index is 12.5. The van der Waals surface area contributed by atoms with Crippen molar-refractivity contribution in [3.63, 3.8) is 0 Å². The number of carbonyl (C=O) groups excluding carboxylic acids is 2. The summed E-state index contributed by atoms with van der Waals surface area (Å²) in [5, 5.41) is 0. The summed E-state index contributed by atoms with van der Waals surface area (Å²) in [5.74, 6) is -0.422. The molecule has 0 spiro atoms. The first-order chi connectivity index (χ1) is 11.9. The SMILES string of the molecule is CC(CCOC(C)(C)C(=O)c1ccccc1)OC(=O)c1ccccc1. The second-order valence-electron chi connectivity index (χ2n) is 6.42. The lowest BCUT2D eigenvalue weighted by atomic mass is 9.96. The molecule has 2 aromatic rings. The highest BCUT2D eigenvalue weighted by Crippen LogP contribution is 2.18. The number of Topliss-reactive ketones (excluding diaryl/α,β-unsaturated/α-hetero) is 1. The Balaban J connectivity index is 1.81. The van der Waals surface area contributed by atoms with Crippen LogP contribution in [0.15, 0.2) is 60.7 Å². The van der Waals surface area contributed by atoms with Crippen molar-refractivity contribution in [1.29, 1.82) is 0 Å². The largest absolute Gasteiger partial charge is 0.459 e. The van der Waals surface area contributed by atoms with Crippen LogP contribution < -0.4 is 0 Å². The lowest BCUT2D eigenvalue weighted by Crippen LogP contribution is -2.36. The van der Waals surface area contributed by atoms with Crippen molar-refractivity contribution in [2.45, 2.75) is 38.9 Å². The summed E-state index contributed by atoms with van der Waals surface area (Å²) in [6, 6.07) is 17.9. The molecule has 0 radical (unpaired) electrons. The van der Waals surface area contributed by atoms with Crippen LogP contribution in [0.4, 0.5) is 0 Å². The first-order valence-corrected chi connectivity index (χ1v) is 8.40. The Kier molecular flexibility index (Phi) is 6.48. The molecule has 1 unspecified atom stereocenters. The molecule has 0 aliphatic heterocycles. The molecule has 0 aromatic heterocycles. The van der Waals surface area contributed by atoms with E-state index in [4.69, 9.17) is 9.47 Å². The van der Waals surface area contributed by atoms with Gasteiger partial charge in [-0.3, -0.25) is 4.79 Å². The summed E-state index contributed by atoms with van der Waals surface area (Å²) in [6.07, 6.45) is 0.222. The molecule has 132 valence electrons. The molecular weight excluding hydrogens is 316 g/mol. The lowest BCUT2D eigenvalue weighted by molar-refractivity contribution is -0.0203. The van der Waals surface area contributed by atoms with Gasteiger partial charge in [0, 0.05) is 12.0 Å². The van der Waals surface area contributed by atoms with E-state index in [9.17, 15) is 9.59 Å². The number of hydrogen-bond acceptors (Lipinski definition) is 4. The average molecular weight is 340 g/mol. The molecule has 2 rings (SSSR count). The van der Waals surface area contributed by atoms with Crippen molar-refractivity contribution in [2.24, 2.45) is 0 Å². The fourth-order valence-corrected chi connectivity index (χ4v) is 2.37. The molecule has 0 aliphatic rings. The molecule has 4 nitrogen and oxygen atoms in total. The van der Waals surface area contributed by atoms with Crippen LogP contribution in [0.25, 0.3) is 0 Å². The Bertz CT molecular complexity index is 692. The van der Waals surface area contributed by atoms with Gasteiger partial charge < -0.3 is 9.47 Å². The van der Waals surface area contributed by atoms with Crippen molar-refractivity contribution in [3.8, 4) is 0 Å². The molecule has 0 saturated heterocycles. The number of esters is 1. The second kappa shape index (κ2) is 8.58. The van der Waals surface area contributed by atoms with Crippen molar-refractivity contribution in [1.82, 2.24) is 0 Å². The van der Waals surface area contributed by atoms with E-state index in [0.717, 1.165) is 0 Å². The van der Waals surface area contributed by atoms with Gasteiger partial charge >= 0.3 is 5.97 Å². The molecule has 0 fully saturated rings. The summed E-state index contributed by atoms with van der Waals surface area (Å²) in [6.45, 7) is 5.65. The fraction of sp³-hybridized carbons (Fsp3) is 0.333. The third-order valence-corrected chi connectivity index (χ3v) is 3.89. The fourth-order valence-electron chi connectivity index (χ4n) is 2.37. The highest BCUT2D eigenvalue weighted by atomic mass is 16.5. The zero-order chi connectivity index (χ0) is 18.3. The van der Waals surface area contributed by atoms with E-state index in [1.165, 1.54) is 0 Å². The average Bonchev–Trinajstić information content (AvgIpc) is 2.62. The summed E-state index contributed by atoms with van der Waals surface area (Å²) in [4.78, 5) is 24.5. The molecule has 1 atom stereocenters. The van der Waals surface area contributed by atoms with Gasteiger partial charge in [-0.2, -0.15) is 0 Å². The summed E-state index contributed by atoms with van der Waals surface area (Å²) < 4.78 is 11.2. The van der Waals surface area contributed by atoms with Gasteiger partial charge in [-0.25, -0.2) is 4.79 Å². The number of rotatable bonds is 8. The Morgan fingerprint density at radius 2 is 1.44 bits per heavy atom. The van der Waals surface area contributed by atoms with Crippen LogP contribution >= 0.6 is 0 Å². The highest BCUT2D eigenvalue weighted by Gasteiger charge is 2.29. The number of ketones is 1. The van der Waals surface area contributed by atoms with E-state index < -0.39 is 5.60 Å². The van der Waals surface area contributed by atoms with E-state index in [0.29, 0.717) is 24.2 Å². The minimum atomic E-state index is -0.926. The van der Waals surface area contributed by atoms with Crippen LogP contribution in [-0.4, -0.2) is 30.1 Å². The second-order valence-corrected chi connectivity index (χ2v) is 6.42. The monoisotopic (exact) mass is 340 g/mol. The van der Waals surface area contributed by atoms with Crippen LogP contribution in [-0.2, 0) is 9.47 Å². The van der Waals surface area contributed by atoms with Crippen molar-refractivity contribution >= 4 is 11.8 Å². The normalized spacial score (nSPS) is 12.4. The Labute approximate surface area is 148 Å². The Morgan fingerprint density at radius 1 is 0.920 bits per heavy atom. The quantitative estimate of drug-likeness (QED) is 0.531. The van der Waals surface area contributed by atoms with Crippen LogP contribution in [0.5, 0.6) is 0 Å². The van der Waals surface area contributed by atoms with Crippen LogP contribution in [0.2, 0.25) is 0 Å². The van der Waals surface area contributed by atoms with Gasteiger partial charge in [0.15, 0.2) is 5.78 Å². The molecule has 0 aliphatic carbocycles. The number of ether oxygens (including phenoxy) is 2. The number of benzene rings is 2. The van der Waals surface area contributed by atoms with E-state index in [2.05, 4.69) is 0 Å². The van der Waals surface area contributed by atoms with Gasteiger partial charge in [-0.1, -0.05) is 48.5 Å². The molecule has 0 heterocycles. The topological polar surface area (TPSA) is 52.6 Å². The predicted molar refractivity (Wildman–Crippen MR) is 96.7 cm³/mol. The van der Waals surface area contributed by atoms with Gasteiger partial charge in [-0.15, -0.1) is 0 Å². The summed E-state index contributed by atoms with van der Waals surface area (Å²) >= 11 is 0. The van der Waals surface area contributed by atoms with Gasteiger partial charge in [0.2, 0.25) is 0 Å². The first kappa shape index (κ1) is 18.9. The summed E-state index contributed by atoms with van der Waals surface area (Å²) in [7, 11) is 0. The first-order valence-electron chi connectivity index (χ1n) is 8.40. The molecule has 0 N–H and O–H groups in total. The number of carbonyl (C=O) groups is 2. The minimum absolute atomic E-state index is 0.0676. The standard InChI is InChI=1S/C21H24O4/c1-16(25-20(23)18-12-8-5-9-13-18)14-15-24-21(2,3)19(22)17-10-6-4-7-11-17/h4-13,16H,14-15H2,1-3H3. The number of hydrogen-bond donors (Lipinski definition) is 0. The van der Waals surface area contributed by atoms with Gasteiger partial charge in [0.05, 0.1) is 12.2 Å². The van der Waals surface area contributed by atoms with Crippen LogP contribution in [0.3, 0.4) is 0 Å². The maximum Gasteiger partial charge on any atom is 0.338 e. The van der Waals surface area contributed by atoms with E-state index >= 15 is 0 Å². The predicted octanol–water partition coefficient (Wildman–Crippen LogP) is 4.30. The molecule has 4 heteroatoms. The molecule has 0 amide bonds. The molecule has 0 bridgehead atoms. The zero-order valence-corrected chi connectivity index (χ0v) is 14.9. The van der Waals surface area contributed by atoms with E-state index in [-0.39, 0.29) is 17.9 Å². The molecule has 2 aromatic carbocycles. The Hall–Kier alpha value is -2.46. The Morgan fingerprint density at radius 3 is 2.00 bits per heavy atom. The van der Waals surface area contributed by atoms with Gasteiger partial charge in [0.25, 0.3) is 0 Å². The third-order valence-electron chi connectivity index (χ3n) is 3.89. The van der Waals surface area contributed by atoms with E-state index in [1.807, 2.05) is 31.2 Å². The van der Waals surface area contributed by atoms with Crippen LogP contribution in [0, 0.1) is 0 Å². The highest BCUT2D eigenvalue weighted by molar-refractivity contribution is 6.01. The van der Waals surface area contributed by atoms with Gasteiger partial charge in [-0.05, 0) is 32.9 Å². The lowest BCUT2D eigenvalue weighted by Gasteiger charge is -2.25. The van der Waals surface area contributed by atoms with Crippen LogP contribution in [0.1, 0.15) is 47.9 Å². The third kappa shape index (κ3) is 5.54. The molecule has 0 saturated carbocycles. The molecular formula is C21H24O4. The van der Waals surface area contributed by atoms with Gasteiger partial charge in [0.1, 0.15) is 11.7 Å². The van der Waals surface area contributed by atoms with Crippen molar-refractivity contribution < 1.29 is 19.1 Å². The van der Waals surface area contributed by atoms with Crippen molar-refractivity contribution in [2.75, 3.05) is 6.61 Å². The zero-order valence-electron chi connectivity index (χ0n) is 14.9. The maximum absolute atomic E-state index is 12.5. The molecule has 25 heavy (non-hydrogen) atoms. The van der Waals surface area contributed by atoms with Crippen molar-refractivity contribution in [3.05, 3.63) is 71.8 Å². The minimum Gasteiger partial charge on any atom is -0.459 e. The smallest absolute Gasteiger partial charge is 0.338 e. The van der Waals surface area contributed by atoms with E-state index in [1.54, 1.807) is 50.2 Å².